The SMILES string of the molecule is COCCNc1ccc(C(=O)Nc2ccc(OC(F)F)cc2)cc1[N+](=O)[O-]. The highest BCUT2D eigenvalue weighted by atomic mass is 19.3. The molecule has 2 N–H and O–H groups in total. The van der Waals surface area contributed by atoms with Crippen LogP contribution >= 0.6 is 0 Å². The van der Waals surface area contributed by atoms with Crippen molar-refractivity contribution in [3.8, 4) is 5.75 Å². The lowest BCUT2D eigenvalue weighted by Gasteiger charge is -2.10. The summed E-state index contributed by atoms with van der Waals surface area (Å²) in [5.41, 5.74) is 0.417. The zero-order valence-corrected chi connectivity index (χ0v) is 14.3. The molecule has 0 atom stereocenters. The Morgan fingerprint density at radius 1 is 1.22 bits per heavy atom. The van der Waals surface area contributed by atoms with E-state index in [0.717, 1.165) is 6.07 Å². The highest BCUT2D eigenvalue weighted by molar-refractivity contribution is 6.05. The van der Waals surface area contributed by atoms with E-state index in [1.165, 1.54) is 43.5 Å². The molecule has 0 spiro atoms. The maximum Gasteiger partial charge on any atom is 0.387 e. The maximum absolute atomic E-state index is 12.3. The number of nitro groups is 1. The second kappa shape index (κ2) is 9.43. The van der Waals surface area contributed by atoms with Crippen molar-refractivity contribution in [1.29, 1.82) is 0 Å². The van der Waals surface area contributed by atoms with Crippen LogP contribution in [0.5, 0.6) is 5.75 Å². The van der Waals surface area contributed by atoms with Gasteiger partial charge in [0.2, 0.25) is 0 Å². The fraction of sp³-hybridized carbons (Fsp3) is 0.235. The van der Waals surface area contributed by atoms with Gasteiger partial charge in [-0.15, -0.1) is 0 Å². The predicted molar refractivity (Wildman–Crippen MR) is 94.5 cm³/mol. The van der Waals surface area contributed by atoms with Crippen molar-refractivity contribution < 1.29 is 28.0 Å². The minimum absolute atomic E-state index is 0.0508. The molecule has 27 heavy (non-hydrogen) atoms. The van der Waals surface area contributed by atoms with Gasteiger partial charge in [0.25, 0.3) is 11.6 Å². The number of nitrogens with zero attached hydrogens (tertiary/aromatic N) is 1. The van der Waals surface area contributed by atoms with E-state index >= 15 is 0 Å². The van der Waals surface area contributed by atoms with E-state index in [0.29, 0.717) is 18.8 Å². The van der Waals surface area contributed by atoms with E-state index in [2.05, 4.69) is 15.4 Å². The van der Waals surface area contributed by atoms with Gasteiger partial charge in [0.1, 0.15) is 11.4 Å². The molecule has 0 saturated carbocycles. The third-order valence-electron chi connectivity index (χ3n) is 3.42. The van der Waals surface area contributed by atoms with Gasteiger partial charge in [-0.1, -0.05) is 0 Å². The summed E-state index contributed by atoms with van der Waals surface area (Å²) >= 11 is 0. The Bertz CT molecular complexity index is 800. The van der Waals surface area contributed by atoms with Crippen molar-refractivity contribution in [2.24, 2.45) is 0 Å². The number of rotatable bonds is 9. The molecule has 0 unspecified atom stereocenters. The molecular weight excluding hydrogens is 364 g/mol. The van der Waals surface area contributed by atoms with Crippen molar-refractivity contribution in [3.05, 3.63) is 58.1 Å². The van der Waals surface area contributed by atoms with E-state index in [1.807, 2.05) is 0 Å². The number of anilines is 2. The first kappa shape index (κ1) is 20.0. The van der Waals surface area contributed by atoms with Crippen LogP contribution in [0.3, 0.4) is 0 Å². The third kappa shape index (κ3) is 5.89. The minimum Gasteiger partial charge on any atom is -0.435 e. The van der Waals surface area contributed by atoms with Crippen LogP contribution in [0, 0.1) is 10.1 Å². The number of carbonyl (C=O) groups is 1. The molecule has 0 radical (unpaired) electrons. The van der Waals surface area contributed by atoms with E-state index in [-0.39, 0.29) is 22.7 Å². The summed E-state index contributed by atoms with van der Waals surface area (Å²) in [6.45, 7) is -2.21. The summed E-state index contributed by atoms with van der Waals surface area (Å²) in [6, 6.07) is 9.32. The number of halogens is 2. The molecule has 144 valence electrons. The Labute approximate surface area is 153 Å². The number of methoxy groups -OCH3 is 1. The lowest BCUT2D eigenvalue weighted by molar-refractivity contribution is -0.384. The normalized spacial score (nSPS) is 10.5. The number of alkyl halides is 2. The quantitative estimate of drug-likeness (QED) is 0.391. The molecule has 1 amide bonds. The fourth-order valence-corrected chi connectivity index (χ4v) is 2.18. The highest BCUT2D eigenvalue weighted by Crippen LogP contribution is 2.26. The van der Waals surface area contributed by atoms with Crippen LogP contribution in [-0.4, -0.2) is 37.7 Å². The van der Waals surface area contributed by atoms with Crippen molar-refractivity contribution in [3.63, 3.8) is 0 Å². The summed E-state index contributed by atoms with van der Waals surface area (Å²) in [5, 5.41) is 16.6. The molecule has 0 aliphatic carbocycles. The Hall–Kier alpha value is -3.27. The molecule has 0 bridgehead atoms. The molecule has 0 fully saturated rings. The lowest BCUT2D eigenvalue weighted by atomic mass is 10.1. The molecule has 2 aromatic rings. The molecule has 2 aromatic carbocycles. The van der Waals surface area contributed by atoms with Gasteiger partial charge in [-0.2, -0.15) is 8.78 Å². The number of ether oxygens (including phenoxy) is 2. The van der Waals surface area contributed by atoms with Crippen molar-refractivity contribution in [2.75, 3.05) is 30.9 Å². The van der Waals surface area contributed by atoms with Crippen LogP contribution in [0.25, 0.3) is 0 Å². The second-order valence-electron chi connectivity index (χ2n) is 5.27. The van der Waals surface area contributed by atoms with Gasteiger partial charge in [-0.05, 0) is 36.4 Å². The number of nitrogens with one attached hydrogen (secondary N) is 2. The summed E-state index contributed by atoms with van der Waals surface area (Å²) in [7, 11) is 1.51. The number of benzene rings is 2. The van der Waals surface area contributed by atoms with Gasteiger partial charge >= 0.3 is 6.61 Å². The average molecular weight is 381 g/mol. The van der Waals surface area contributed by atoms with Gasteiger partial charge in [0.15, 0.2) is 0 Å². The molecule has 0 aliphatic heterocycles. The van der Waals surface area contributed by atoms with Crippen LogP contribution in [0.15, 0.2) is 42.5 Å². The predicted octanol–water partition coefficient (Wildman–Crippen LogP) is 3.51. The Balaban J connectivity index is 2.11. The third-order valence-corrected chi connectivity index (χ3v) is 3.42. The van der Waals surface area contributed by atoms with E-state index in [9.17, 15) is 23.7 Å². The van der Waals surface area contributed by atoms with Gasteiger partial charge in [-0.3, -0.25) is 14.9 Å². The summed E-state index contributed by atoms with van der Waals surface area (Å²) in [4.78, 5) is 22.9. The largest absolute Gasteiger partial charge is 0.435 e. The maximum atomic E-state index is 12.3. The van der Waals surface area contributed by atoms with Gasteiger partial charge in [-0.25, -0.2) is 0 Å². The van der Waals surface area contributed by atoms with Gasteiger partial charge < -0.3 is 20.1 Å². The Morgan fingerprint density at radius 2 is 1.93 bits per heavy atom. The average Bonchev–Trinajstić information content (AvgIpc) is 2.63. The Morgan fingerprint density at radius 3 is 2.52 bits per heavy atom. The molecule has 0 saturated heterocycles. The van der Waals surface area contributed by atoms with Gasteiger partial charge in [0.05, 0.1) is 11.5 Å². The molecule has 2 rings (SSSR count). The van der Waals surface area contributed by atoms with E-state index in [4.69, 9.17) is 4.74 Å². The van der Waals surface area contributed by atoms with Crippen LogP contribution in [0.4, 0.5) is 25.8 Å². The molecule has 10 heteroatoms. The molecule has 0 aromatic heterocycles. The van der Waals surface area contributed by atoms with Crippen molar-refractivity contribution >= 4 is 23.0 Å². The molecular formula is C17H17F2N3O5. The summed E-state index contributed by atoms with van der Waals surface area (Å²) < 4.78 is 33.3. The van der Waals surface area contributed by atoms with Crippen LogP contribution in [0.1, 0.15) is 10.4 Å². The van der Waals surface area contributed by atoms with Crippen LogP contribution in [-0.2, 0) is 4.74 Å². The smallest absolute Gasteiger partial charge is 0.387 e. The zero-order chi connectivity index (χ0) is 19.8. The van der Waals surface area contributed by atoms with Crippen LogP contribution in [0.2, 0.25) is 0 Å². The fourth-order valence-electron chi connectivity index (χ4n) is 2.18. The highest BCUT2D eigenvalue weighted by Gasteiger charge is 2.17. The van der Waals surface area contributed by atoms with Crippen molar-refractivity contribution in [1.82, 2.24) is 0 Å². The molecule has 0 heterocycles. The second-order valence-corrected chi connectivity index (χ2v) is 5.27. The summed E-state index contributed by atoms with van der Waals surface area (Å²) in [5.74, 6) is -0.630. The first-order chi connectivity index (χ1) is 12.9. The van der Waals surface area contributed by atoms with E-state index < -0.39 is 17.4 Å². The molecule has 0 aliphatic rings. The lowest BCUT2D eigenvalue weighted by Crippen LogP contribution is -2.13. The van der Waals surface area contributed by atoms with E-state index in [1.54, 1.807) is 0 Å². The first-order valence-corrected chi connectivity index (χ1v) is 7.78. The molecule has 8 nitrogen and oxygen atoms in total. The topological polar surface area (TPSA) is 103 Å². The van der Waals surface area contributed by atoms with Crippen LogP contribution < -0.4 is 15.4 Å². The monoisotopic (exact) mass is 381 g/mol. The Kier molecular flexibility index (Phi) is 7.00. The van der Waals surface area contributed by atoms with Gasteiger partial charge in [0, 0.05) is 31.0 Å². The number of hydrogen-bond donors (Lipinski definition) is 2. The minimum atomic E-state index is -2.94. The van der Waals surface area contributed by atoms with Crippen molar-refractivity contribution in [2.45, 2.75) is 6.61 Å². The number of nitro benzene ring substituents is 1. The zero-order valence-electron chi connectivity index (χ0n) is 14.3. The first-order valence-electron chi connectivity index (χ1n) is 7.78. The summed E-state index contributed by atoms with van der Waals surface area (Å²) in [6.07, 6.45) is 0. The number of amides is 1. The standard InChI is InChI=1S/C17H17F2N3O5/c1-26-9-8-20-14-7-2-11(10-15(14)22(24)25)16(23)21-12-3-5-13(6-4-12)27-17(18)19/h2-7,10,17,20H,8-9H2,1H3,(H,21,23). The number of hydrogen-bond acceptors (Lipinski definition) is 6. The number of carbonyl (C=O) groups excluding carboxylic acids is 1.